The summed E-state index contributed by atoms with van der Waals surface area (Å²) in [6.07, 6.45) is 0. The zero-order chi connectivity index (χ0) is 41.2. The normalized spacial score (nSPS) is 11.2. The second-order valence-corrected chi connectivity index (χ2v) is 15.8. The second-order valence-electron chi connectivity index (χ2n) is 15.8. The van der Waals surface area contributed by atoms with Gasteiger partial charge in [0.2, 0.25) is 0 Å². The number of rotatable bonds is 9. The zero-order valence-electron chi connectivity index (χ0n) is 34.0. The van der Waals surface area contributed by atoms with Crippen LogP contribution in [0.15, 0.2) is 253 Å². The molecule has 0 atom stereocenters. The Hall–Kier alpha value is -8.20. The number of fused-ring (bicyclic) bond motifs is 2. The molecule has 2 heteroatoms. The van der Waals surface area contributed by atoms with E-state index in [1.807, 2.05) is 18.2 Å². The molecule has 0 saturated heterocycles. The Morgan fingerprint density at radius 3 is 1.16 bits per heavy atom. The van der Waals surface area contributed by atoms with E-state index in [1.54, 1.807) is 0 Å². The molecule has 0 N–H and O–H groups in total. The maximum atomic E-state index is 6.22. The average Bonchev–Trinajstić information content (AvgIpc) is 3.80. The van der Waals surface area contributed by atoms with Crippen LogP contribution >= 0.6 is 0 Å². The fourth-order valence-electron chi connectivity index (χ4n) is 8.55. The molecule has 292 valence electrons. The van der Waals surface area contributed by atoms with Gasteiger partial charge in [0, 0.05) is 28.0 Å². The number of furan rings is 1. The number of hydrogen-bond acceptors (Lipinski definition) is 2. The molecule has 11 aromatic rings. The van der Waals surface area contributed by atoms with Gasteiger partial charge in [0.25, 0.3) is 0 Å². The van der Waals surface area contributed by atoms with Gasteiger partial charge in [-0.1, -0.05) is 188 Å². The molecular weight excluding hydrogens is 751 g/mol. The molecule has 0 fully saturated rings. The van der Waals surface area contributed by atoms with Crippen LogP contribution in [0.1, 0.15) is 0 Å². The Bertz CT molecular complexity index is 3130. The van der Waals surface area contributed by atoms with Gasteiger partial charge >= 0.3 is 0 Å². The number of hydrogen-bond donors (Lipinski definition) is 0. The van der Waals surface area contributed by atoms with E-state index in [2.05, 4.69) is 235 Å². The molecule has 0 amide bonds. The summed E-state index contributed by atoms with van der Waals surface area (Å²) >= 11 is 0. The minimum atomic E-state index is 0.876. The molecule has 0 aliphatic heterocycles. The number of para-hydroxylation sites is 1. The van der Waals surface area contributed by atoms with E-state index in [9.17, 15) is 0 Å². The van der Waals surface area contributed by atoms with Gasteiger partial charge in [-0.25, -0.2) is 0 Å². The predicted octanol–water partition coefficient (Wildman–Crippen LogP) is 17.1. The van der Waals surface area contributed by atoms with Crippen molar-refractivity contribution < 1.29 is 4.42 Å². The van der Waals surface area contributed by atoms with E-state index in [4.69, 9.17) is 4.42 Å². The third kappa shape index (κ3) is 7.36. The van der Waals surface area contributed by atoms with Crippen molar-refractivity contribution in [2.45, 2.75) is 0 Å². The lowest BCUT2D eigenvalue weighted by Gasteiger charge is -2.26. The first-order valence-corrected chi connectivity index (χ1v) is 21.1. The molecule has 0 saturated carbocycles. The quantitative estimate of drug-likeness (QED) is 0.145. The Labute approximate surface area is 362 Å². The summed E-state index contributed by atoms with van der Waals surface area (Å²) in [6.45, 7) is 0. The Balaban J connectivity index is 0.920. The van der Waals surface area contributed by atoms with Gasteiger partial charge in [-0.2, -0.15) is 0 Å². The van der Waals surface area contributed by atoms with Gasteiger partial charge in [0.15, 0.2) is 0 Å². The first kappa shape index (κ1) is 36.8. The molecule has 0 radical (unpaired) electrons. The molecule has 0 unspecified atom stereocenters. The molecule has 62 heavy (non-hydrogen) atoms. The van der Waals surface area contributed by atoms with Crippen LogP contribution in [0.5, 0.6) is 0 Å². The minimum Gasteiger partial charge on any atom is -0.456 e. The smallest absolute Gasteiger partial charge is 0.135 e. The highest BCUT2D eigenvalue weighted by Crippen LogP contribution is 2.40. The summed E-state index contributed by atoms with van der Waals surface area (Å²) in [4.78, 5) is 2.36. The van der Waals surface area contributed by atoms with Crippen LogP contribution in [-0.4, -0.2) is 0 Å². The summed E-state index contributed by atoms with van der Waals surface area (Å²) in [6, 6.07) is 89.1. The van der Waals surface area contributed by atoms with Crippen molar-refractivity contribution in [1.29, 1.82) is 0 Å². The fourth-order valence-corrected chi connectivity index (χ4v) is 8.55. The molecule has 2 nitrogen and oxygen atoms in total. The van der Waals surface area contributed by atoms with Crippen molar-refractivity contribution in [3.05, 3.63) is 249 Å². The maximum absolute atomic E-state index is 6.22. The lowest BCUT2D eigenvalue weighted by atomic mass is 9.98. The van der Waals surface area contributed by atoms with Gasteiger partial charge in [0.05, 0.1) is 0 Å². The monoisotopic (exact) mass is 791 g/mol. The van der Waals surface area contributed by atoms with E-state index in [1.165, 1.54) is 60.8 Å². The highest BCUT2D eigenvalue weighted by molar-refractivity contribution is 5.93. The highest BCUT2D eigenvalue weighted by Gasteiger charge is 2.15. The van der Waals surface area contributed by atoms with Crippen LogP contribution < -0.4 is 4.90 Å². The largest absolute Gasteiger partial charge is 0.456 e. The number of anilines is 3. The summed E-state index contributed by atoms with van der Waals surface area (Å²) in [5.74, 6) is 0.876. The minimum absolute atomic E-state index is 0.876. The van der Waals surface area contributed by atoms with Crippen molar-refractivity contribution in [2.75, 3.05) is 4.90 Å². The molecule has 1 heterocycles. The maximum Gasteiger partial charge on any atom is 0.135 e. The molecule has 0 aliphatic carbocycles. The van der Waals surface area contributed by atoms with Gasteiger partial charge in [-0.3, -0.25) is 0 Å². The molecule has 0 bridgehead atoms. The molecule has 0 aliphatic rings. The summed E-state index contributed by atoms with van der Waals surface area (Å²) in [5.41, 5.74) is 17.2. The fraction of sp³-hybridized carbons (Fsp3) is 0. The van der Waals surface area contributed by atoms with Crippen LogP contribution in [0, 0.1) is 0 Å². The van der Waals surface area contributed by atoms with Crippen LogP contribution in [0.4, 0.5) is 17.1 Å². The van der Waals surface area contributed by atoms with Gasteiger partial charge in [-0.15, -0.1) is 0 Å². The Morgan fingerprint density at radius 1 is 0.226 bits per heavy atom. The Morgan fingerprint density at radius 2 is 0.613 bits per heavy atom. The molecule has 10 aromatic carbocycles. The summed E-state index contributed by atoms with van der Waals surface area (Å²) in [5, 5.41) is 3.47. The third-order valence-corrected chi connectivity index (χ3v) is 11.9. The molecule has 11 rings (SSSR count). The predicted molar refractivity (Wildman–Crippen MR) is 261 cm³/mol. The highest BCUT2D eigenvalue weighted by atomic mass is 16.3. The van der Waals surface area contributed by atoms with Crippen LogP contribution in [0.2, 0.25) is 0 Å². The Kier molecular flexibility index (Phi) is 9.57. The van der Waals surface area contributed by atoms with E-state index in [0.29, 0.717) is 0 Å². The first-order chi connectivity index (χ1) is 30.7. The van der Waals surface area contributed by atoms with Gasteiger partial charge < -0.3 is 9.32 Å². The van der Waals surface area contributed by atoms with Crippen molar-refractivity contribution in [1.82, 2.24) is 0 Å². The zero-order valence-corrected chi connectivity index (χ0v) is 34.0. The lowest BCUT2D eigenvalue weighted by molar-refractivity contribution is 0.631. The van der Waals surface area contributed by atoms with Crippen molar-refractivity contribution >= 4 is 38.8 Å². The van der Waals surface area contributed by atoms with Crippen molar-refractivity contribution in [2.24, 2.45) is 0 Å². The van der Waals surface area contributed by atoms with E-state index in [-0.39, 0.29) is 0 Å². The lowest BCUT2D eigenvalue weighted by Crippen LogP contribution is -2.09. The third-order valence-electron chi connectivity index (χ3n) is 11.9. The molecular formula is C60H41NO. The SMILES string of the molecule is c1ccc(-c2ccc(-c3ccc(N(c4ccc(-c5ccc(-c6ccccc6)cc5)cc4)c4ccc5cc(-c6cccc(-c7cc8ccccc8o7)c6)ccc5c4)cc3)cc2)cc1. The number of benzene rings is 10. The summed E-state index contributed by atoms with van der Waals surface area (Å²) < 4.78 is 6.22. The topological polar surface area (TPSA) is 16.4 Å². The van der Waals surface area contributed by atoms with Crippen LogP contribution in [0.25, 0.3) is 88.7 Å². The molecule has 1 aromatic heterocycles. The van der Waals surface area contributed by atoms with Crippen LogP contribution in [-0.2, 0) is 0 Å². The second kappa shape index (κ2) is 16.1. The van der Waals surface area contributed by atoms with Crippen molar-refractivity contribution in [3.63, 3.8) is 0 Å². The first-order valence-electron chi connectivity index (χ1n) is 21.1. The molecule has 0 spiro atoms. The van der Waals surface area contributed by atoms with E-state index >= 15 is 0 Å². The van der Waals surface area contributed by atoms with E-state index < -0.39 is 0 Å². The van der Waals surface area contributed by atoms with Gasteiger partial charge in [-0.05, 0) is 127 Å². The van der Waals surface area contributed by atoms with Gasteiger partial charge in [0.1, 0.15) is 11.3 Å². The van der Waals surface area contributed by atoms with Crippen LogP contribution in [0.3, 0.4) is 0 Å². The number of nitrogens with zero attached hydrogens (tertiary/aromatic N) is 1. The van der Waals surface area contributed by atoms with E-state index in [0.717, 1.165) is 44.9 Å². The average molecular weight is 792 g/mol. The van der Waals surface area contributed by atoms with Crippen molar-refractivity contribution in [3.8, 4) is 67.0 Å². The standard InChI is InChI=1S/C60H41NO/c1-3-10-42(11-4-1)44-18-22-46(23-19-44)48-28-33-56(34-29-48)61(57-35-30-49(31-36-57)47-24-20-45(21-25-47)43-12-5-2-6-13-43)58-37-32-52-38-51(26-27-53(52)40-58)50-15-9-16-54(39-50)60-41-55-14-7-8-17-59(55)62-60/h1-41H. The summed E-state index contributed by atoms with van der Waals surface area (Å²) in [7, 11) is 0.